The second kappa shape index (κ2) is 5.01. The summed E-state index contributed by atoms with van der Waals surface area (Å²) in [6.45, 7) is 6.05. The van der Waals surface area contributed by atoms with Gasteiger partial charge < -0.3 is 5.11 Å². The molecule has 2 nitrogen and oxygen atoms in total. The van der Waals surface area contributed by atoms with E-state index in [0.29, 0.717) is 11.8 Å². The summed E-state index contributed by atoms with van der Waals surface area (Å²) in [5.41, 5.74) is 2.88. The normalized spacial score (nSPS) is 36.1. The highest BCUT2D eigenvalue weighted by Gasteiger charge is 2.49. The number of hydrogen-bond donors (Lipinski definition) is 1. The van der Waals surface area contributed by atoms with Crippen molar-refractivity contribution in [3.05, 3.63) is 29.3 Å². The third-order valence-electron chi connectivity index (χ3n) is 6.62. The molecule has 1 saturated heterocycles. The Labute approximate surface area is 128 Å². The van der Waals surface area contributed by atoms with Crippen molar-refractivity contribution in [3.63, 3.8) is 0 Å². The van der Waals surface area contributed by atoms with Crippen LogP contribution in [0.5, 0.6) is 5.75 Å². The number of hydrogen-bond acceptors (Lipinski definition) is 2. The van der Waals surface area contributed by atoms with Crippen molar-refractivity contribution >= 4 is 0 Å². The van der Waals surface area contributed by atoms with Gasteiger partial charge >= 0.3 is 0 Å². The van der Waals surface area contributed by atoms with Gasteiger partial charge in [-0.2, -0.15) is 0 Å². The molecule has 0 radical (unpaired) electrons. The maximum absolute atomic E-state index is 9.78. The molecule has 5 atom stereocenters. The third-order valence-corrected chi connectivity index (χ3v) is 6.62. The quantitative estimate of drug-likeness (QED) is 0.897. The highest BCUT2D eigenvalue weighted by atomic mass is 16.3. The van der Waals surface area contributed by atoms with Crippen molar-refractivity contribution in [2.45, 2.75) is 58.0 Å². The van der Waals surface area contributed by atoms with E-state index in [1.54, 1.807) is 0 Å². The zero-order chi connectivity index (χ0) is 14.6. The Bertz CT molecular complexity index is 540. The highest BCUT2D eigenvalue weighted by molar-refractivity contribution is 5.38. The smallest absolute Gasteiger partial charge is 0.115 e. The van der Waals surface area contributed by atoms with Crippen LogP contribution in [0.25, 0.3) is 0 Å². The predicted octanol–water partition coefficient (Wildman–Crippen LogP) is 3.62. The molecule has 1 aromatic rings. The first-order valence-electron chi connectivity index (χ1n) is 8.74. The van der Waals surface area contributed by atoms with Crippen molar-refractivity contribution < 1.29 is 5.11 Å². The van der Waals surface area contributed by atoms with E-state index in [2.05, 4.69) is 24.8 Å². The Morgan fingerprint density at radius 2 is 2.05 bits per heavy atom. The number of nitrogens with zero attached hydrogens (tertiary/aromatic N) is 1. The second-order valence-corrected chi connectivity index (χ2v) is 7.55. The molecule has 2 heteroatoms. The first-order chi connectivity index (χ1) is 10.2. The zero-order valence-corrected chi connectivity index (χ0v) is 13.3. The number of phenols is 1. The van der Waals surface area contributed by atoms with Crippen LogP contribution in [0.2, 0.25) is 0 Å². The standard InChI is InChI=1S/C19H27NO/c1-3-12(2)20-11-14-5-7-17(14)18-9-15-8-16(21)6-4-13(15)10-19(18)20/h4,6,8,12,14,17-19,21H,3,5,7,9-11H2,1-2H3. The summed E-state index contributed by atoms with van der Waals surface area (Å²) in [4.78, 5) is 2.82. The first-order valence-corrected chi connectivity index (χ1v) is 8.74. The fourth-order valence-corrected chi connectivity index (χ4v) is 5.10. The fraction of sp³-hybridized carbons (Fsp3) is 0.684. The number of fused-ring (bicyclic) bond motifs is 4. The van der Waals surface area contributed by atoms with Crippen LogP contribution in [0.1, 0.15) is 44.2 Å². The molecular formula is C19H27NO. The van der Waals surface area contributed by atoms with E-state index < -0.39 is 0 Å². The molecule has 2 aliphatic carbocycles. The van der Waals surface area contributed by atoms with Crippen molar-refractivity contribution in [3.8, 4) is 5.75 Å². The average molecular weight is 285 g/mol. The minimum absolute atomic E-state index is 0.437. The summed E-state index contributed by atoms with van der Waals surface area (Å²) in [6, 6.07) is 7.47. The van der Waals surface area contributed by atoms with Crippen LogP contribution >= 0.6 is 0 Å². The highest BCUT2D eigenvalue weighted by Crippen LogP contribution is 2.50. The molecule has 21 heavy (non-hydrogen) atoms. The van der Waals surface area contributed by atoms with Gasteiger partial charge in [-0.3, -0.25) is 4.90 Å². The molecule has 0 bridgehead atoms. The van der Waals surface area contributed by atoms with E-state index in [0.717, 1.165) is 23.8 Å². The summed E-state index contributed by atoms with van der Waals surface area (Å²) in [6.07, 6.45) is 6.50. The molecule has 5 unspecified atom stereocenters. The molecule has 1 aromatic carbocycles. The van der Waals surface area contributed by atoms with Crippen LogP contribution in [0.15, 0.2) is 18.2 Å². The zero-order valence-electron chi connectivity index (χ0n) is 13.3. The summed E-state index contributed by atoms with van der Waals surface area (Å²) in [5.74, 6) is 3.15. The van der Waals surface area contributed by atoms with Gasteiger partial charge in [0.05, 0.1) is 0 Å². The third kappa shape index (κ3) is 2.11. The molecule has 1 heterocycles. The Kier molecular flexibility index (Phi) is 3.25. The van der Waals surface area contributed by atoms with Gasteiger partial charge in [0, 0.05) is 18.6 Å². The van der Waals surface area contributed by atoms with E-state index >= 15 is 0 Å². The van der Waals surface area contributed by atoms with E-state index in [9.17, 15) is 5.11 Å². The molecule has 1 N–H and O–H groups in total. The fourth-order valence-electron chi connectivity index (χ4n) is 5.10. The Morgan fingerprint density at radius 3 is 2.76 bits per heavy atom. The van der Waals surface area contributed by atoms with Gasteiger partial charge in [0.1, 0.15) is 5.75 Å². The first kappa shape index (κ1) is 13.6. The second-order valence-electron chi connectivity index (χ2n) is 7.55. The van der Waals surface area contributed by atoms with Crippen molar-refractivity contribution in [2.24, 2.45) is 17.8 Å². The number of phenolic OH excluding ortho intramolecular Hbond substituents is 1. The van der Waals surface area contributed by atoms with E-state index in [-0.39, 0.29) is 0 Å². The lowest BCUT2D eigenvalue weighted by molar-refractivity contribution is -0.0694. The Balaban J connectivity index is 1.68. The molecule has 4 rings (SSSR count). The van der Waals surface area contributed by atoms with Crippen molar-refractivity contribution in [2.75, 3.05) is 6.54 Å². The molecule has 1 aliphatic heterocycles. The van der Waals surface area contributed by atoms with Crippen LogP contribution in [0.3, 0.4) is 0 Å². The predicted molar refractivity (Wildman–Crippen MR) is 85.5 cm³/mol. The minimum atomic E-state index is 0.437. The van der Waals surface area contributed by atoms with Crippen LogP contribution in [-0.2, 0) is 12.8 Å². The van der Waals surface area contributed by atoms with Gasteiger partial charge in [-0.1, -0.05) is 13.0 Å². The van der Waals surface area contributed by atoms with Gasteiger partial charge in [0.15, 0.2) is 0 Å². The summed E-state index contributed by atoms with van der Waals surface area (Å²) in [7, 11) is 0. The van der Waals surface area contributed by atoms with Crippen molar-refractivity contribution in [1.29, 1.82) is 0 Å². The molecule has 1 saturated carbocycles. The number of benzene rings is 1. The van der Waals surface area contributed by atoms with Gasteiger partial charge in [-0.05, 0) is 80.0 Å². The number of piperidine rings is 1. The number of aromatic hydroxyl groups is 1. The lowest BCUT2D eigenvalue weighted by Gasteiger charge is -2.58. The largest absolute Gasteiger partial charge is 0.508 e. The molecule has 3 aliphatic rings. The minimum Gasteiger partial charge on any atom is -0.508 e. The van der Waals surface area contributed by atoms with Crippen LogP contribution < -0.4 is 0 Å². The molecule has 0 aromatic heterocycles. The maximum Gasteiger partial charge on any atom is 0.115 e. The monoisotopic (exact) mass is 285 g/mol. The number of rotatable bonds is 2. The Hall–Kier alpha value is -1.02. The summed E-state index contributed by atoms with van der Waals surface area (Å²) < 4.78 is 0. The molecular weight excluding hydrogens is 258 g/mol. The van der Waals surface area contributed by atoms with Gasteiger partial charge in [-0.15, -0.1) is 0 Å². The maximum atomic E-state index is 9.78. The van der Waals surface area contributed by atoms with E-state index in [4.69, 9.17) is 0 Å². The average Bonchev–Trinajstić information content (AvgIpc) is 2.45. The van der Waals surface area contributed by atoms with Crippen LogP contribution in [0, 0.1) is 17.8 Å². The molecule has 114 valence electrons. The lowest BCUT2D eigenvalue weighted by atomic mass is 9.58. The summed E-state index contributed by atoms with van der Waals surface area (Å²) >= 11 is 0. The van der Waals surface area contributed by atoms with Crippen molar-refractivity contribution in [1.82, 2.24) is 4.90 Å². The van der Waals surface area contributed by atoms with Gasteiger partial charge in [0.2, 0.25) is 0 Å². The molecule has 2 fully saturated rings. The van der Waals surface area contributed by atoms with Gasteiger partial charge in [-0.25, -0.2) is 0 Å². The Morgan fingerprint density at radius 1 is 1.19 bits per heavy atom. The lowest BCUT2D eigenvalue weighted by Crippen LogP contribution is -2.61. The number of likely N-dealkylation sites (tertiary alicyclic amines) is 1. The summed E-state index contributed by atoms with van der Waals surface area (Å²) in [5, 5.41) is 9.78. The van der Waals surface area contributed by atoms with Crippen LogP contribution in [0.4, 0.5) is 0 Å². The topological polar surface area (TPSA) is 23.5 Å². The van der Waals surface area contributed by atoms with E-state index in [1.807, 2.05) is 12.1 Å². The molecule has 0 amide bonds. The van der Waals surface area contributed by atoms with Gasteiger partial charge in [0.25, 0.3) is 0 Å². The van der Waals surface area contributed by atoms with E-state index in [1.165, 1.54) is 49.8 Å². The SMILES string of the molecule is CCC(C)N1CC2CCC2C2Cc3cc(O)ccc3CC21. The van der Waals surface area contributed by atoms with Crippen LogP contribution in [-0.4, -0.2) is 28.6 Å². The molecule has 0 spiro atoms.